The van der Waals surface area contributed by atoms with Gasteiger partial charge in [0.25, 0.3) is 0 Å². The van der Waals surface area contributed by atoms with E-state index in [-0.39, 0.29) is 11.5 Å². The van der Waals surface area contributed by atoms with Crippen LogP contribution in [0.3, 0.4) is 0 Å². The van der Waals surface area contributed by atoms with Crippen LogP contribution in [0.5, 0.6) is 0 Å². The van der Waals surface area contributed by atoms with Crippen LogP contribution in [-0.4, -0.2) is 10.9 Å². The molecule has 1 aliphatic rings. The standard InChI is InChI=1S/C17H21ClO2/c1-2-3-4-5-6-7-13-10-12-8-9-14(18)11-15(12)17(20)16(13)19/h8-9,11,19H,2-7,10H2,1H3. The molecule has 0 unspecified atom stereocenters. The zero-order valence-electron chi connectivity index (χ0n) is 11.9. The maximum Gasteiger partial charge on any atom is 0.227 e. The van der Waals surface area contributed by atoms with Crippen molar-refractivity contribution in [3.8, 4) is 0 Å². The summed E-state index contributed by atoms with van der Waals surface area (Å²) >= 11 is 5.91. The number of rotatable bonds is 6. The van der Waals surface area contributed by atoms with Crippen molar-refractivity contribution in [1.29, 1.82) is 0 Å². The van der Waals surface area contributed by atoms with Crippen molar-refractivity contribution in [3.05, 3.63) is 45.7 Å². The second kappa shape index (κ2) is 6.94. The van der Waals surface area contributed by atoms with Crippen molar-refractivity contribution in [2.45, 2.75) is 51.9 Å². The molecule has 0 radical (unpaired) electrons. The van der Waals surface area contributed by atoms with Crippen molar-refractivity contribution < 1.29 is 9.90 Å². The van der Waals surface area contributed by atoms with E-state index in [1.54, 1.807) is 12.1 Å². The summed E-state index contributed by atoms with van der Waals surface area (Å²) in [5.74, 6) is -0.340. The number of hydrogen-bond donors (Lipinski definition) is 1. The van der Waals surface area contributed by atoms with Crippen LogP contribution in [0, 0.1) is 0 Å². The van der Waals surface area contributed by atoms with Gasteiger partial charge < -0.3 is 5.11 Å². The first-order valence-electron chi connectivity index (χ1n) is 7.37. The van der Waals surface area contributed by atoms with E-state index in [4.69, 9.17) is 11.6 Å². The Kier molecular flexibility index (Phi) is 5.24. The third-order valence-corrected chi connectivity index (χ3v) is 4.09. The number of allylic oxidation sites excluding steroid dienone is 2. The number of carbonyl (C=O) groups excluding carboxylic acids is 1. The van der Waals surface area contributed by atoms with Crippen LogP contribution >= 0.6 is 11.6 Å². The van der Waals surface area contributed by atoms with E-state index in [2.05, 4.69) is 6.92 Å². The largest absolute Gasteiger partial charge is 0.504 e. The highest BCUT2D eigenvalue weighted by Gasteiger charge is 2.25. The van der Waals surface area contributed by atoms with Gasteiger partial charge in [0, 0.05) is 10.6 Å². The average molecular weight is 293 g/mol. The lowest BCUT2D eigenvalue weighted by Gasteiger charge is -2.19. The molecular weight excluding hydrogens is 272 g/mol. The molecule has 0 spiro atoms. The zero-order chi connectivity index (χ0) is 14.5. The van der Waals surface area contributed by atoms with E-state index in [1.165, 1.54) is 19.3 Å². The molecular formula is C17H21ClO2. The van der Waals surface area contributed by atoms with Gasteiger partial charge in [-0.2, -0.15) is 0 Å². The number of halogens is 1. The number of hydrogen-bond acceptors (Lipinski definition) is 2. The SMILES string of the molecule is CCCCCCCC1=C(O)C(=O)c2cc(Cl)ccc2C1. The van der Waals surface area contributed by atoms with Gasteiger partial charge in [-0.1, -0.05) is 50.3 Å². The number of aliphatic hydroxyl groups is 1. The molecule has 0 amide bonds. The summed E-state index contributed by atoms with van der Waals surface area (Å²) in [5, 5.41) is 10.6. The van der Waals surface area contributed by atoms with Crippen molar-refractivity contribution in [3.63, 3.8) is 0 Å². The van der Waals surface area contributed by atoms with E-state index < -0.39 is 0 Å². The summed E-state index contributed by atoms with van der Waals surface area (Å²) in [6, 6.07) is 5.33. The van der Waals surface area contributed by atoms with Gasteiger partial charge in [-0.15, -0.1) is 0 Å². The second-order valence-corrected chi connectivity index (χ2v) is 5.86. The van der Waals surface area contributed by atoms with Crippen LogP contribution < -0.4 is 0 Å². The van der Waals surface area contributed by atoms with Gasteiger partial charge in [0.2, 0.25) is 5.78 Å². The predicted molar refractivity (Wildman–Crippen MR) is 82.5 cm³/mol. The van der Waals surface area contributed by atoms with Crippen molar-refractivity contribution >= 4 is 17.4 Å². The molecule has 2 nitrogen and oxygen atoms in total. The molecule has 2 rings (SSSR count). The molecule has 0 bridgehead atoms. The smallest absolute Gasteiger partial charge is 0.227 e. The normalized spacial score (nSPS) is 14.6. The number of unbranched alkanes of at least 4 members (excludes halogenated alkanes) is 4. The third-order valence-electron chi connectivity index (χ3n) is 3.85. The molecule has 0 atom stereocenters. The van der Waals surface area contributed by atoms with Crippen molar-refractivity contribution in [1.82, 2.24) is 0 Å². The highest BCUT2D eigenvalue weighted by atomic mass is 35.5. The Labute approximate surface area is 125 Å². The molecule has 108 valence electrons. The number of Topliss-reactive ketones (excluding diaryl/α,β-unsaturated/α-hetero) is 1. The summed E-state index contributed by atoms with van der Waals surface area (Å²) in [5.41, 5.74) is 2.40. The minimum Gasteiger partial charge on any atom is -0.504 e. The Bertz CT molecular complexity index is 532. The van der Waals surface area contributed by atoms with Gasteiger partial charge >= 0.3 is 0 Å². The molecule has 0 fully saturated rings. The summed E-state index contributed by atoms with van der Waals surface area (Å²) in [6.07, 6.45) is 7.37. The molecule has 0 saturated heterocycles. The number of carbonyl (C=O) groups is 1. The molecule has 3 heteroatoms. The quantitative estimate of drug-likeness (QED) is 0.727. The van der Waals surface area contributed by atoms with Crippen LogP contribution in [0.15, 0.2) is 29.5 Å². The predicted octanol–water partition coefficient (Wildman–Crippen LogP) is 5.25. The maximum absolute atomic E-state index is 12.1. The van der Waals surface area contributed by atoms with Gasteiger partial charge in [-0.05, 0) is 42.5 Å². The van der Waals surface area contributed by atoms with Gasteiger partial charge in [-0.3, -0.25) is 4.79 Å². The van der Waals surface area contributed by atoms with E-state index in [0.29, 0.717) is 17.0 Å². The molecule has 1 aliphatic carbocycles. The fraction of sp³-hybridized carbons (Fsp3) is 0.471. The first-order chi connectivity index (χ1) is 9.63. The topological polar surface area (TPSA) is 37.3 Å². The zero-order valence-corrected chi connectivity index (χ0v) is 12.7. The lowest BCUT2D eigenvalue weighted by Crippen LogP contribution is -2.16. The molecule has 0 heterocycles. The molecule has 20 heavy (non-hydrogen) atoms. The van der Waals surface area contributed by atoms with Gasteiger partial charge in [0.05, 0.1) is 0 Å². The Morgan fingerprint density at radius 2 is 1.95 bits per heavy atom. The lowest BCUT2D eigenvalue weighted by atomic mass is 9.87. The van der Waals surface area contributed by atoms with Crippen LogP contribution in [0.1, 0.15) is 61.4 Å². The van der Waals surface area contributed by atoms with E-state index >= 15 is 0 Å². The van der Waals surface area contributed by atoms with Crippen molar-refractivity contribution in [2.75, 3.05) is 0 Å². The minimum absolute atomic E-state index is 0.0599. The molecule has 1 aromatic carbocycles. The number of fused-ring (bicyclic) bond motifs is 1. The summed E-state index contributed by atoms with van der Waals surface area (Å²) in [7, 11) is 0. The minimum atomic E-state index is -0.280. The van der Waals surface area contributed by atoms with Gasteiger partial charge in [-0.25, -0.2) is 0 Å². The first kappa shape index (κ1) is 15.1. The van der Waals surface area contributed by atoms with Crippen LogP contribution in [0.25, 0.3) is 0 Å². The Balaban J connectivity index is 2.03. The number of benzene rings is 1. The fourth-order valence-electron chi connectivity index (χ4n) is 2.66. The lowest BCUT2D eigenvalue weighted by molar-refractivity contribution is 0.0969. The molecule has 1 N–H and O–H groups in total. The Morgan fingerprint density at radius 1 is 1.20 bits per heavy atom. The Morgan fingerprint density at radius 3 is 2.70 bits per heavy atom. The fourth-order valence-corrected chi connectivity index (χ4v) is 2.84. The second-order valence-electron chi connectivity index (χ2n) is 5.42. The molecule has 0 aromatic heterocycles. The van der Waals surface area contributed by atoms with E-state index in [9.17, 15) is 9.90 Å². The van der Waals surface area contributed by atoms with Crippen LogP contribution in [0.4, 0.5) is 0 Å². The molecule has 0 aliphatic heterocycles. The van der Waals surface area contributed by atoms with E-state index in [1.807, 2.05) is 6.07 Å². The summed E-state index contributed by atoms with van der Waals surface area (Å²) in [4.78, 5) is 12.1. The van der Waals surface area contributed by atoms with Crippen LogP contribution in [0.2, 0.25) is 5.02 Å². The summed E-state index contributed by atoms with van der Waals surface area (Å²) in [6.45, 7) is 2.19. The highest BCUT2D eigenvalue weighted by Crippen LogP contribution is 2.29. The number of ketones is 1. The molecule has 1 aromatic rings. The monoisotopic (exact) mass is 292 g/mol. The Hall–Kier alpha value is -1.28. The summed E-state index contributed by atoms with van der Waals surface area (Å²) < 4.78 is 0. The van der Waals surface area contributed by atoms with Gasteiger partial charge in [0.15, 0.2) is 5.76 Å². The first-order valence-corrected chi connectivity index (χ1v) is 7.75. The van der Waals surface area contributed by atoms with Gasteiger partial charge in [0.1, 0.15) is 0 Å². The maximum atomic E-state index is 12.1. The molecule has 0 saturated carbocycles. The van der Waals surface area contributed by atoms with Crippen molar-refractivity contribution in [2.24, 2.45) is 0 Å². The highest BCUT2D eigenvalue weighted by molar-refractivity contribution is 6.31. The van der Waals surface area contributed by atoms with E-state index in [0.717, 1.165) is 30.4 Å². The number of aliphatic hydroxyl groups excluding tert-OH is 1. The average Bonchev–Trinajstić information content (AvgIpc) is 2.44. The third kappa shape index (κ3) is 3.43. The van der Waals surface area contributed by atoms with Crippen LogP contribution in [-0.2, 0) is 6.42 Å².